The molecule has 156 valence electrons. The van der Waals surface area contributed by atoms with Crippen LogP contribution in [0.15, 0.2) is 46.9 Å². The smallest absolute Gasteiger partial charge is 0.260 e. The number of halogens is 2. The highest BCUT2D eigenvalue weighted by atomic mass is 79.9. The second-order valence-corrected chi connectivity index (χ2v) is 8.22. The van der Waals surface area contributed by atoms with Crippen molar-refractivity contribution >= 4 is 60.9 Å². The van der Waals surface area contributed by atoms with Crippen LogP contribution in [0.25, 0.3) is 10.2 Å². The lowest BCUT2D eigenvalue weighted by Crippen LogP contribution is -2.38. The van der Waals surface area contributed by atoms with Gasteiger partial charge in [0.05, 0.1) is 11.8 Å². The van der Waals surface area contributed by atoms with Crippen molar-refractivity contribution < 1.29 is 9.53 Å². The SMILES string of the molecule is CCN(CC)CCN(C(=O)c1ccc(Br)cc1)c1nc2c(OC)cccc2s1.Cl. The number of amides is 1. The number of ether oxygens (including phenoxy) is 1. The van der Waals surface area contributed by atoms with Crippen molar-refractivity contribution in [2.24, 2.45) is 0 Å². The number of nitrogens with zero attached hydrogens (tertiary/aromatic N) is 3. The number of thiazole rings is 1. The van der Waals surface area contributed by atoms with Crippen molar-refractivity contribution in [2.45, 2.75) is 13.8 Å². The number of methoxy groups -OCH3 is 1. The normalized spacial score (nSPS) is 10.8. The summed E-state index contributed by atoms with van der Waals surface area (Å²) in [5.74, 6) is 0.678. The summed E-state index contributed by atoms with van der Waals surface area (Å²) < 4.78 is 7.39. The van der Waals surface area contributed by atoms with E-state index in [1.807, 2.05) is 42.5 Å². The van der Waals surface area contributed by atoms with Crippen LogP contribution >= 0.6 is 39.7 Å². The molecule has 0 saturated carbocycles. The summed E-state index contributed by atoms with van der Waals surface area (Å²) >= 11 is 4.94. The summed E-state index contributed by atoms with van der Waals surface area (Å²) in [6, 6.07) is 13.3. The first-order valence-electron chi connectivity index (χ1n) is 9.30. The molecule has 1 heterocycles. The van der Waals surface area contributed by atoms with Gasteiger partial charge in [-0.05, 0) is 49.5 Å². The number of benzene rings is 2. The maximum atomic E-state index is 13.3. The first-order chi connectivity index (χ1) is 13.6. The lowest BCUT2D eigenvalue weighted by molar-refractivity contribution is 0.0983. The molecule has 0 saturated heterocycles. The minimum Gasteiger partial charge on any atom is -0.494 e. The lowest BCUT2D eigenvalue weighted by Gasteiger charge is -2.24. The van der Waals surface area contributed by atoms with E-state index in [9.17, 15) is 4.79 Å². The van der Waals surface area contributed by atoms with Crippen molar-refractivity contribution in [3.05, 3.63) is 52.5 Å². The molecule has 2 aromatic carbocycles. The number of carbonyl (C=O) groups excluding carboxylic acids is 1. The maximum absolute atomic E-state index is 13.3. The van der Waals surface area contributed by atoms with Gasteiger partial charge in [0.25, 0.3) is 5.91 Å². The van der Waals surface area contributed by atoms with Gasteiger partial charge >= 0.3 is 0 Å². The Morgan fingerprint density at radius 1 is 1.10 bits per heavy atom. The Hall–Kier alpha value is -1.67. The summed E-state index contributed by atoms with van der Waals surface area (Å²) in [4.78, 5) is 22.1. The molecule has 0 unspecified atom stereocenters. The Labute approximate surface area is 190 Å². The van der Waals surface area contributed by atoms with Crippen molar-refractivity contribution in [1.82, 2.24) is 9.88 Å². The monoisotopic (exact) mass is 497 g/mol. The standard InChI is InChI=1S/C21H24BrN3O2S.ClH/c1-4-24(5-2)13-14-25(20(26)15-9-11-16(22)12-10-15)21-23-19-17(27-3)7-6-8-18(19)28-21;/h6-12H,4-5,13-14H2,1-3H3;1H. The largest absolute Gasteiger partial charge is 0.494 e. The first-order valence-corrected chi connectivity index (χ1v) is 10.9. The predicted octanol–water partition coefficient (Wildman–Crippen LogP) is 5.48. The van der Waals surface area contributed by atoms with Crippen LogP contribution in [0.3, 0.4) is 0 Å². The summed E-state index contributed by atoms with van der Waals surface area (Å²) in [5.41, 5.74) is 1.44. The van der Waals surface area contributed by atoms with E-state index in [1.54, 1.807) is 12.0 Å². The van der Waals surface area contributed by atoms with Gasteiger partial charge in [0, 0.05) is 23.1 Å². The fourth-order valence-electron chi connectivity index (χ4n) is 3.01. The van der Waals surface area contributed by atoms with Crippen LogP contribution in [0, 0.1) is 0 Å². The number of anilines is 1. The zero-order valence-electron chi connectivity index (χ0n) is 16.7. The number of carbonyl (C=O) groups is 1. The maximum Gasteiger partial charge on any atom is 0.260 e. The van der Waals surface area contributed by atoms with Gasteiger partial charge in [-0.1, -0.05) is 47.2 Å². The molecule has 3 rings (SSSR count). The molecule has 0 N–H and O–H groups in total. The van der Waals surface area contributed by atoms with Gasteiger partial charge < -0.3 is 9.64 Å². The minimum absolute atomic E-state index is 0. The van der Waals surface area contributed by atoms with E-state index in [2.05, 4.69) is 34.7 Å². The number of hydrogen-bond donors (Lipinski definition) is 0. The number of fused-ring (bicyclic) bond motifs is 1. The van der Waals surface area contributed by atoms with Crippen molar-refractivity contribution in [1.29, 1.82) is 0 Å². The van der Waals surface area contributed by atoms with E-state index in [0.29, 0.717) is 17.2 Å². The number of rotatable bonds is 8. The Morgan fingerprint density at radius 2 is 1.79 bits per heavy atom. The van der Waals surface area contributed by atoms with Gasteiger partial charge in [0.1, 0.15) is 11.3 Å². The molecule has 0 fully saturated rings. The van der Waals surface area contributed by atoms with Crippen molar-refractivity contribution in [3.63, 3.8) is 0 Å². The van der Waals surface area contributed by atoms with Crippen molar-refractivity contribution in [2.75, 3.05) is 38.2 Å². The highest BCUT2D eigenvalue weighted by molar-refractivity contribution is 9.10. The molecule has 0 aliphatic rings. The van der Waals surface area contributed by atoms with Crippen LogP contribution in [0.4, 0.5) is 5.13 Å². The zero-order chi connectivity index (χ0) is 20.1. The molecule has 1 amide bonds. The summed E-state index contributed by atoms with van der Waals surface area (Å²) in [5, 5.41) is 0.694. The zero-order valence-corrected chi connectivity index (χ0v) is 19.9. The molecule has 0 atom stereocenters. The molecule has 0 radical (unpaired) electrons. The molecule has 0 aliphatic carbocycles. The molecular weight excluding hydrogens is 474 g/mol. The predicted molar refractivity (Wildman–Crippen MR) is 127 cm³/mol. The van der Waals surface area contributed by atoms with Gasteiger partial charge in [0.2, 0.25) is 0 Å². The van der Waals surface area contributed by atoms with Crippen LogP contribution < -0.4 is 9.64 Å². The van der Waals surface area contributed by atoms with Crippen LogP contribution in [0.5, 0.6) is 5.75 Å². The van der Waals surface area contributed by atoms with E-state index >= 15 is 0 Å². The van der Waals surface area contributed by atoms with Crippen LogP contribution in [0.2, 0.25) is 0 Å². The molecule has 0 spiro atoms. The second-order valence-electron chi connectivity index (χ2n) is 6.29. The van der Waals surface area contributed by atoms with E-state index < -0.39 is 0 Å². The quantitative estimate of drug-likeness (QED) is 0.413. The van der Waals surface area contributed by atoms with Gasteiger partial charge in [-0.2, -0.15) is 0 Å². The van der Waals surface area contributed by atoms with Crippen LogP contribution in [-0.4, -0.2) is 49.1 Å². The summed E-state index contributed by atoms with van der Waals surface area (Å²) in [7, 11) is 1.64. The molecule has 1 aromatic heterocycles. The summed E-state index contributed by atoms with van der Waals surface area (Å²) in [6.45, 7) is 7.54. The van der Waals surface area contributed by atoms with Crippen molar-refractivity contribution in [3.8, 4) is 5.75 Å². The topological polar surface area (TPSA) is 45.7 Å². The third-order valence-electron chi connectivity index (χ3n) is 4.69. The minimum atomic E-state index is -0.0438. The molecule has 8 heteroatoms. The molecule has 3 aromatic rings. The fourth-order valence-corrected chi connectivity index (χ4v) is 4.28. The van der Waals surface area contributed by atoms with Crippen LogP contribution in [0.1, 0.15) is 24.2 Å². The van der Waals surface area contributed by atoms with Gasteiger partial charge in [-0.25, -0.2) is 4.98 Å². The number of hydrogen-bond acceptors (Lipinski definition) is 5. The molecule has 0 bridgehead atoms. The Balaban J connectivity index is 0.00000300. The highest BCUT2D eigenvalue weighted by Crippen LogP contribution is 2.34. The number of likely N-dealkylation sites (N-methyl/N-ethyl adjacent to an activating group) is 1. The number of aromatic nitrogens is 1. The number of para-hydroxylation sites is 1. The molecule has 0 aliphatic heterocycles. The Kier molecular flexibility index (Phi) is 8.89. The molecule has 29 heavy (non-hydrogen) atoms. The average molecular weight is 499 g/mol. The van der Waals surface area contributed by atoms with Gasteiger partial charge in [-0.3, -0.25) is 9.69 Å². The Bertz CT molecular complexity index is 945. The van der Waals surface area contributed by atoms with E-state index in [0.717, 1.165) is 40.1 Å². The third kappa shape index (κ3) is 5.48. The van der Waals surface area contributed by atoms with E-state index in [1.165, 1.54) is 11.3 Å². The molecular formula is C21H25BrClN3O2S. The van der Waals surface area contributed by atoms with E-state index in [4.69, 9.17) is 9.72 Å². The first kappa shape index (κ1) is 23.6. The second kappa shape index (κ2) is 10.9. The molecule has 5 nitrogen and oxygen atoms in total. The Morgan fingerprint density at radius 3 is 2.41 bits per heavy atom. The van der Waals surface area contributed by atoms with Gasteiger partial charge in [0.15, 0.2) is 5.13 Å². The summed E-state index contributed by atoms with van der Waals surface area (Å²) in [6.07, 6.45) is 0. The fraction of sp³-hybridized carbons (Fsp3) is 0.333. The lowest BCUT2D eigenvalue weighted by atomic mass is 10.2. The van der Waals surface area contributed by atoms with E-state index in [-0.39, 0.29) is 18.3 Å². The third-order valence-corrected chi connectivity index (χ3v) is 6.26. The highest BCUT2D eigenvalue weighted by Gasteiger charge is 2.22. The average Bonchev–Trinajstić information content (AvgIpc) is 3.15. The van der Waals surface area contributed by atoms with Gasteiger partial charge in [-0.15, -0.1) is 12.4 Å². The van der Waals surface area contributed by atoms with Crippen LogP contribution in [-0.2, 0) is 0 Å².